The molecule has 0 radical (unpaired) electrons. The number of hydrogen-bond donors (Lipinski definition) is 0. The fraction of sp³-hybridized carbons (Fsp3) is 0.0612. The lowest BCUT2D eigenvalue weighted by molar-refractivity contribution is 0.613. The van der Waals surface area contributed by atoms with Crippen LogP contribution >= 0.6 is 11.3 Å². The Bertz CT molecular complexity index is 3380. The molecule has 1 aliphatic rings. The zero-order valence-corrected chi connectivity index (χ0v) is 30.4. The van der Waals surface area contributed by atoms with Gasteiger partial charge in [0.1, 0.15) is 5.58 Å². The second kappa shape index (κ2) is 10.8. The molecular weight excluding hydrogens is 679 g/mol. The van der Waals surface area contributed by atoms with Crippen LogP contribution in [0.15, 0.2) is 156 Å². The zero-order chi connectivity index (χ0) is 35.7. The van der Waals surface area contributed by atoms with Crippen molar-refractivity contribution in [1.29, 1.82) is 0 Å². The van der Waals surface area contributed by atoms with Crippen molar-refractivity contribution in [1.82, 2.24) is 14.5 Å². The first kappa shape index (κ1) is 30.0. The number of aromatic nitrogens is 3. The Kier molecular flexibility index (Phi) is 5.96. The van der Waals surface area contributed by atoms with E-state index in [2.05, 4.69) is 164 Å². The van der Waals surface area contributed by atoms with Crippen LogP contribution < -0.4 is 0 Å². The predicted molar refractivity (Wildman–Crippen MR) is 225 cm³/mol. The summed E-state index contributed by atoms with van der Waals surface area (Å²) >= 11 is 1.83. The number of hydrogen-bond acceptors (Lipinski definition) is 4. The molecule has 11 aromatic rings. The van der Waals surface area contributed by atoms with Crippen molar-refractivity contribution in [3.63, 3.8) is 0 Å². The summed E-state index contributed by atoms with van der Waals surface area (Å²) in [5.41, 5.74) is 12.8. The van der Waals surface area contributed by atoms with E-state index in [0.29, 0.717) is 5.82 Å². The molecule has 0 saturated heterocycles. The molecule has 54 heavy (non-hydrogen) atoms. The van der Waals surface area contributed by atoms with E-state index >= 15 is 0 Å². The van der Waals surface area contributed by atoms with E-state index in [1.54, 1.807) is 0 Å². The summed E-state index contributed by atoms with van der Waals surface area (Å²) < 4.78 is 11.6. The van der Waals surface area contributed by atoms with Crippen LogP contribution in [-0.2, 0) is 5.41 Å². The molecule has 0 unspecified atom stereocenters. The van der Waals surface area contributed by atoms with Crippen LogP contribution in [0.4, 0.5) is 0 Å². The Morgan fingerprint density at radius 2 is 1.30 bits per heavy atom. The van der Waals surface area contributed by atoms with E-state index < -0.39 is 0 Å². The third-order valence-corrected chi connectivity index (χ3v) is 12.8. The third-order valence-electron chi connectivity index (χ3n) is 11.6. The number of nitrogens with zero attached hydrogens (tertiary/aromatic N) is 3. The van der Waals surface area contributed by atoms with E-state index in [1.807, 2.05) is 17.4 Å². The number of benzene rings is 7. The number of furan rings is 1. The minimum atomic E-state index is -0.279. The summed E-state index contributed by atoms with van der Waals surface area (Å²) in [6.45, 7) is 4.72. The lowest BCUT2D eigenvalue weighted by Gasteiger charge is -2.36. The molecule has 1 aliphatic heterocycles. The van der Waals surface area contributed by atoms with Gasteiger partial charge in [-0.15, -0.1) is 11.3 Å². The molecule has 0 amide bonds. The maximum absolute atomic E-state index is 6.67. The summed E-state index contributed by atoms with van der Waals surface area (Å²) in [6, 6.07) is 54.2. The van der Waals surface area contributed by atoms with Gasteiger partial charge in [0.05, 0.1) is 27.8 Å². The molecule has 4 aromatic heterocycles. The average Bonchev–Trinajstić information content (AvgIpc) is 3.89. The smallest absolute Gasteiger partial charge is 0.213 e. The van der Waals surface area contributed by atoms with Gasteiger partial charge in [-0.2, -0.15) is 0 Å². The number of fused-ring (bicyclic) bond motifs is 11. The standard InChI is InChI=1S/C49H31N3OS/c1-49(2)37-22-11-20-35-42-34-17-4-7-25-40(34)53-48(42)52(45(35)37)39-24-12-18-30(43(39)49)28-13-9-14-29(27-28)47-50-38-23-6-3-16-33(38)44(51-47)36-21-10-19-32-31-15-5-8-26-41(31)54-46(32)36/h3-27H,1-2H3. The Morgan fingerprint density at radius 1 is 0.593 bits per heavy atom. The molecule has 0 atom stereocenters. The van der Waals surface area contributed by atoms with Gasteiger partial charge in [0.25, 0.3) is 0 Å². The highest BCUT2D eigenvalue weighted by molar-refractivity contribution is 7.26. The highest BCUT2D eigenvalue weighted by atomic mass is 32.1. The molecule has 0 aliphatic carbocycles. The third kappa shape index (κ3) is 3.97. The van der Waals surface area contributed by atoms with Crippen molar-refractivity contribution < 1.29 is 4.42 Å². The largest absolute Gasteiger partial charge is 0.439 e. The van der Waals surface area contributed by atoms with Crippen molar-refractivity contribution >= 4 is 75.4 Å². The van der Waals surface area contributed by atoms with Gasteiger partial charge in [-0.25, -0.2) is 9.97 Å². The topological polar surface area (TPSA) is 43.9 Å². The van der Waals surface area contributed by atoms with Gasteiger partial charge in [-0.05, 0) is 52.6 Å². The van der Waals surface area contributed by atoms with Crippen LogP contribution in [0.25, 0.3) is 104 Å². The molecular formula is C49H31N3OS. The Hall–Kier alpha value is -6.56. The van der Waals surface area contributed by atoms with Crippen molar-refractivity contribution in [3.8, 4) is 39.5 Å². The van der Waals surface area contributed by atoms with Gasteiger partial charge in [0.15, 0.2) is 5.82 Å². The Balaban J connectivity index is 1.07. The molecule has 0 bridgehead atoms. The van der Waals surface area contributed by atoms with Crippen LogP contribution in [0.5, 0.6) is 0 Å². The molecule has 254 valence electrons. The summed E-state index contributed by atoms with van der Waals surface area (Å²) in [5.74, 6) is 0.717. The first-order valence-corrected chi connectivity index (χ1v) is 19.2. The van der Waals surface area contributed by atoms with E-state index in [0.717, 1.165) is 55.7 Å². The van der Waals surface area contributed by atoms with E-state index in [4.69, 9.17) is 14.4 Å². The highest BCUT2D eigenvalue weighted by Crippen LogP contribution is 2.52. The molecule has 0 saturated carbocycles. The normalized spacial score (nSPS) is 13.5. The maximum Gasteiger partial charge on any atom is 0.213 e. The van der Waals surface area contributed by atoms with E-state index in [1.165, 1.54) is 53.2 Å². The molecule has 7 aromatic carbocycles. The minimum Gasteiger partial charge on any atom is -0.439 e. The van der Waals surface area contributed by atoms with Gasteiger partial charge < -0.3 is 4.42 Å². The van der Waals surface area contributed by atoms with Crippen LogP contribution in [0.2, 0.25) is 0 Å². The van der Waals surface area contributed by atoms with Crippen LogP contribution in [-0.4, -0.2) is 14.5 Å². The summed E-state index contributed by atoms with van der Waals surface area (Å²) in [7, 11) is 0. The number of thiophene rings is 1. The SMILES string of the molecule is CC1(C)c2c(-c3cccc(-c4nc(-c5cccc6c5sc5ccccc56)c5ccccc5n4)c3)cccc2-n2c3oc4ccccc4c3c3cccc1c32. The summed E-state index contributed by atoms with van der Waals surface area (Å²) in [5, 5.41) is 7.15. The predicted octanol–water partition coefficient (Wildman–Crippen LogP) is 13.5. The zero-order valence-electron chi connectivity index (χ0n) is 29.6. The summed E-state index contributed by atoms with van der Waals surface area (Å²) in [6.07, 6.45) is 0. The summed E-state index contributed by atoms with van der Waals surface area (Å²) in [4.78, 5) is 10.6. The lowest BCUT2D eigenvalue weighted by Crippen LogP contribution is -2.27. The van der Waals surface area contributed by atoms with Crippen LogP contribution in [0, 0.1) is 0 Å². The van der Waals surface area contributed by atoms with Gasteiger partial charge in [-0.1, -0.05) is 135 Å². The monoisotopic (exact) mass is 709 g/mol. The molecule has 5 heterocycles. The number of rotatable bonds is 3. The molecule has 0 N–H and O–H groups in total. The van der Waals surface area contributed by atoms with Crippen molar-refractivity contribution in [2.75, 3.05) is 0 Å². The lowest BCUT2D eigenvalue weighted by atomic mass is 9.72. The quantitative estimate of drug-likeness (QED) is 0.183. The van der Waals surface area contributed by atoms with Crippen LogP contribution in [0.1, 0.15) is 25.0 Å². The molecule has 4 nitrogen and oxygen atoms in total. The second-order valence-corrected chi connectivity index (χ2v) is 16.0. The van der Waals surface area contributed by atoms with E-state index in [-0.39, 0.29) is 5.41 Å². The minimum absolute atomic E-state index is 0.279. The van der Waals surface area contributed by atoms with E-state index in [9.17, 15) is 0 Å². The fourth-order valence-corrected chi connectivity index (χ4v) is 10.4. The fourth-order valence-electron chi connectivity index (χ4n) is 9.20. The first-order valence-electron chi connectivity index (χ1n) is 18.4. The van der Waals surface area contributed by atoms with Crippen LogP contribution in [0.3, 0.4) is 0 Å². The highest BCUT2D eigenvalue weighted by Gasteiger charge is 2.38. The molecule has 5 heteroatoms. The average molecular weight is 710 g/mol. The second-order valence-electron chi connectivity index (χ2n) is 14.9. The van der Waals surface area contributed by atoms with Gasteiger partial charge in [0.2, 0.25) is 5.71 Å². The van der Waals surface area contributed by atoms with Gasteiger partial charge in [0, 0.05) is 52.9 Å². The number of para-hydroxylation sites is 3. The van der Waals surface area contributed by atoms with Crippen molar-refractivity contribution in [3.05, 3.63) is 163 Å². The van der Waals surface area contributed by atoms with Crippen molar-refractivity contribution in [2.45, 2.75) is 19.3 Å². The first-order chi connectivity index (χ1) is 26.5. The van der Waals surface area contributed by atoms with Gasteiger partial charge in [-0.3, -0.25) is 4.57 Å². The van der Waals surface area contributed by atoms with Gasteiger partial charge >= 0.3 is 0 Å². The maximum atomic E-state index is 6.67. The molecule has 0 spiro atoms. The molecule has 12 rings (SSSR count). The van der Waals surface area contributed by atoms with Crippen molar-refractivity contribution in [2.24, 2.45) is 0 Å². The Labute approximate surface area is 314 Å². The molecule has 0 fully saturated rings. The Morgan fingerprint density at radius 3 is 2.22 bits per heavy atom.